The molecule has 0 aliphatic heterocycles. The number of H-pyrrole nitrogens is 1. The number of hydrogen-bond acceptors (Lipinski definition) is 7. The lowest BCUT2D eigenvalue weighted by atomic mass is 9.57. The number of aromatic nitrogens is 3. The zero-order valence-corrected chi connectivity index (χ0v) is 30.8. The van der Waals surface area contributed by atoms with Gasteiger partial charge in [0.25, 0.3) is 5.69 Å². The maximum atomic E-state index is 13.3. The Bertz CT molecular complexity index is 1810. The molecule has 1 saturated carbocycles. The van der Waals surface area contributed by atoms with Gasteiger partial charge in [0, 0.05) is 31.4 Å². The molecular weight excluding hydrogens is 630 g/mol. The van der Waals surface area contributed by atoms with Gasteiger partial charge in [-0.15, -0.1) is 0 Å². The van der Waals surface area contributed by atoms with Crippen molar-refractivity contribution in [1.29, 1.82) is 0 Å². The molecule has 1 aromatic carbocycles. The molecule has 0 saturated heterocycles. The van der Waals surface area contributed by atoms with Crippen LogP contribution >= 0.6 is 0 Å². The van der Waals surface area contributed by atoms with Crippen molar-refractivity contribution >= 4 is 33.2 Å². The average molecular weight is 682 g/mol. The number of hydrogen-bond donors (Lipinski definition) is 1. The first-order valence-electron chi connectivity index (χ1n) is 16.7. The first-order chi connectivity index (χ1) is 22.3. The Balaban J connectivity index is 1.86. The van der Waals surface area contributed by atoms with Crippen molar-refractivity contribution in [1.82, 2.24) is 19.5 Å². The van der Waals surface area contributed by atoms with Gasteiger partial charge in [-0.05, 0) is 91.4 Å². The summed E-state index contributed by atoms with van der Waals surface area (Å²) in [5.74, 6) is 2.30. The van der Waals surface area contributed by atoms with Crippen molar-refractivity contribution in [3.8, 4) is 17.3 Å². The highest BCUT2D eigenvalue weighted by molar-refractivity contribution is 7.90. The quantitative estimate of drug-likeness (QED) is 0.173. The van der Waals surface area contributed by atoms with Crippen LogP contribution < -0.4 is 4.74 Å². The van der Waals surface area contributed by atoms with E-state index in [9.17, 15) is 18.0 Å². The highest BCUT2D eigenvalue weighted by atomic mass is 32.2. The van der Waals surface area contributed by atoms with Crippen molar-refractivity contribution < 1.29 is 27.5 Å². The van der Waals surface area contributed by atoms with Crippen LogP contribution in [0.4, 0.5) is 10.5 Å². The highest BCUT2D eigenvalue weighted by Gasteiger charge is 2.43. The predicted octanol–water partition coefficient (Wildman–Crippen LogP) is 7.50. The van der Waals surface area contributed by atoms with Gasteiger partial charge >= 0.3 is 12.1 Å². The molecule has 262 valence electrons. The standard InChI is InChI=1S/C36H51N5O6S/c1-21(2)16-26-17-22(3)18-29(36(6,7)8)27(26)20-28-31(37-9)34(47-35(43)40(10)14-15-46-24(5)42)41-33(28)38-32(39-41)25-12-13-30(23(4)19-25)48(11,44)45/h12-13,19,21-22,26-27,29H,14-18,20H2,1-8,10-11H3,(H,38,39). The third-order valence-electron chi connectivity index (χ3n) is 9.61. The number of fused-ring (bicyclic) bond motifs is 1. The van der Waals surface area contributed by atoms with E-state index in [1.54, 1.807) is 29.6 Å². The number of carbonyl (C=O) groups is 2. The average Bonchev–Trinajstić information content (AvgIpc) is 3.50. The maximum Gasteiger partial charge on any atom is 0.415 e. The van der Waals surface area contributed by atoms with Crippen LogP contribution in [0.3, 0.4) is 0 Å². The lowest BCUT2D eigenvalue weighted by Gasteiger charge is -2.48. The molecule has 0 radical (unpaired) electrons. The van der Waals surface area contributed by atoms with Crippen molar-refractivity contribution in [2.24, 2.45) is 35.0 Å². The molecule has 1 fully saturated rings. The van der Waals surface area contributed by atoms with E-state index in [-0.39, 0.29) is 40.9 Å². The SMILES string of the molecule is [C-]#[N+]c1c(CC2C(CC(C)C)CC(C)CC2C(C)(C)C)c2nc(-c3ccc(S(C)(=O)=O)c(C)c3)[nH]n2c1OC(=O)N(C)CCOC(C)=O. The number of aryl methyl sites for hydroxylation is 1. The van der Waals surface area contributed by atoms with Crippen molar-refractivity contribution in [3.05, 3.63) is 40.7 Å². The highest BCUT2D eigenvalue weighted by Crippen LogP contribution is 2.51. The van der Waals surface area contributed by atoms with Crippen LogP contribution in [0.15, 0.2) is 23.1 Å². The molecule has 1 amide bonds. The van der Waals surface area contributed by atoms with Crippen LogP contribution in [-0.2, 0) is 25.8 Å². The second-order valence-electron chi connectivity index (χ2n) is 15.2. The van der Waals surface area contributed by atoms with E-state index in [0.29, 0.717) is 52.7 Å². The van der Waals surface area contributed by atoms with Gasteiger partial charge in [-0.2, -0.15) is 0 Å². The van der Waals surface area contributed by atoms with E-state index >= 15 is 0 Å². The Morgan fingerprint density at radius 1 is 1.23 bits per heavy atom. The fourth-order valence-electron chi connectivity index (χ4n) is 7.49. The summed E-state index contributed by atoms with van der Waals surface area (Å²) in [7, 11) is -1.88. The minimum atomic E-state index is -3.41. The molecule has 0 spiro atoms. The number of nitrogens with zero attached hydrogens (tertiary/aromatic N) is 4. The summed E-state index contributed by atoms with van der Waals surface area (Å²) in [5.41, 5.74) is 2.75. The minimum absolute atomic E-state index is 0.00793. The lowest BCUT2D eigenvalue weighted by Crippen LogP contribution is -2.40. The molecule has 4 unspecified atom stereocenters. The Morgan fingerprint density at radius 2 is 1.92 bits per heavy atom. The summed E-state index contributed by atoms with van der Waals surface area (Å²) in [6.45, 7) is 25.2. The lowest BCUT2D eigenvalue weighted by molar-refractivity contribution is -0.141. The van der Waals surface area contributed by atoms with E-state index < -0.39 is 21.9 Å². The van der Waals surface area contributed by atoms with Gasteiger partial charge in [0.05, 0.1) is 18.0 Å². The van der Waals surface area contributed by atoms with Crippen LogP contribution in [0.25, 0.3) is 21.9 Å². The summed E-state index contributed by atoms with van der Waals surface area (Å²) in [5, 5.41) is 3.24. The second-order valence-corrected chi connectivity index (χ2v) is 17.1. The molecule has 12 heteroatoms. The van der Waals surface area contributed by atoms with E-state index in [1.807, 2.05) is 0 Å². The normalized spacial score (nSPS) is 20.1. The smallest absolute Gasteiger partial charge is 0.415 e. The summed E-state index contributed by atoms with van der Waals surface area (Å²) in [6.07, 6.45) is 4.37. The number of ether oxygens (including phenoxy) is 2. The van der Waals surface area contributed by atoms with E-state index in [2.05, 4.69) is 51.5 Å². The third-order valence-corrected chi connectivity index (χ3v) is 10.9. The summed E-state index contributed by atoms with van der Waals surface area (Å²) < 4.78 is 37.0. The van der Waals surface area contributed by atoms with E-state index in [1.165, 1.54) is 25.1 Å². The van der Waals surface area contributed by atoms with Gasteiger partial charge in [-0.25, -0.2) is 27.6 Å². The summed E-state index contributed by atoms with van der Waals surface area (Å²) >= 11 is 0. The Morgan fingerprint density at radius 3 is 2.48 bits per heavy atom. The number of aromatic amines is 1. The molecule has 2 aromatic heterocycles. The van der Waals surface area contributed by atoms with Crippen LogP contribution in [0.2, 0.25) is 0 Å². The molecule has 1 N–H and O–H groups in total. The fraction of sp³-hybridized carbons (Fsp3) is 0.611. The number of sulfone groups is 1. The Hall–Kier alpha value is -3.85. The fourth-order valence-corrected chi connectivity index (χ4v) is 8.45. The van der Waals surface area contributed by atoms with Crippen molar-refractivity contribution in [2.75, 3.05) is 26.5 Å². The van der Waals surface area contributed by atoms with Gasteiger partial charge in [0.15, 0.2) is 15.7 Å². The minimum Gasteiger partial charge on any atom is -0.464 e. The molecule has 48 heavy (non-hydrogen) atoms. The van der Waals surface area contributed by atoms with Crippen LogP contribution in [0, 0.1) is 48.5 Å². The van der Waals surface area contributed by atoms with Crippen LogP contribution in [0.5, 0.6) is 5.88 Å². The topological polar surface area (TPSA) is 127 Å². The Kier molecular flexibility index (Phi) is 11.0. The van der Waals surface area contributed by atoms with Gasteiger partial charge in [-0.1, -0.05) is 41.5 Å². The van der Waals surface area contributed by atoms with E-state index in [4.69, 9.17) is 21.0 Å². The molecule has 3 aromatic rings. The zero-order valence-electron chi connectivity index (χ0n) is 30.0. The maximum absolute atomic E-state index is 13.3. The van der Waals surface area contributed by atoms with Crippen LogP contribution in [0.1, 0.15) is 78.9 Å². The molecule has 11 nitrogen and oxygen atoms in total. The van der Waals surface area contributed by atoms with Crippen molar-refractivity contribution in [2.45, 2.75) is 86.0 Å². The third kappa shape index (κ3) is 8.23. The largest absolute Gasteiger partial charge is 0.464 e. The molecule has 4 rings (SSSR count). The van der Waals surface area contributed by atoms with Crippen molar-refractivity contribution in [3.63, 3.8) is 0 Å². The number of rotatable bonds is 10. The molecule has 0 bridgehead atoms. The summed E-state index contributed by atoms with van der Waals surface area (Å²) in [4.78, 5) is 35.0. The Labute approximate surface area is 285 Å². The molecule has 1 aliphatic rings. The van der Waals surface area contributed by atoms with Gasteiger partial charge in [-0.3, -0.25) is 9.89 Å². The van der Waals surface area contributed by atoms with Gasteiger partial charge in [0.1, 0.15) is 12.3 Å². The number of likely N-dealkylation sites (N-methyl/N-ethyl adjacent to an activating group) is 1. The molecule has 4 atom stereocenters. The number of carbonyl (C=O) groups excluding carboxylic acids is 2. The van der Waals surface area contributed by atoms with E-state index in [0.717, 1.165) is 24.8 Å². The zero-order chi connectivity index (χ0) is 35.7. The molecule has 2 heterocycles. The number of benzene rings is 1. The second kappa shape index (κ2) is 14.3. The molecular formula is C36H51N5O6S. The molecule has 1 aliphatic carbocycles. The van der Waals surface area contributed by atoms with Gasteiger partial charge < -0.3 is 14.4 Å². The number of esters is 1. The monoisotopic (exact) mass is 681 g/mol. The first-order valence-corrected chi connectivity index (χ1v) is 18.6. The summed E-state index contributed by atoms with van der Waals surface area (Å²) in [6, 6.07) is 5.02. The predicted molar refractivity (Wildman–Crippen MR) is 186 cm³/mol. The first kappa shape index (κ1) is 37.0. The van der Waals surface area contributed by atoms with Crippen LogP contribution in [-0.4, -0.2) is 66.4 Å². The number of nitrogens with one attached hydrogen (secondary N) is 1. The number of amides is 1. The van der Waals surface area contributed by atoms with Gasteiger partial charge in [0.2, 0.25) is 5.88 Å².